The normalized spacial score (nSPS) is 14.5. The number of nitrogens with zero attached hydrogens (tertiary/aromatic N) is 2. The van der Waals surface area contributed by atoms with Crippen LogP contribution in [0.25, 0.3) is 0 Å². The molecule has 0 bridgehead atoms. The first kappa shape index (κ1) is 22.4. The van der Waals surface area contributed by atoms with Crippen molar-refractivity contribution in [1.29, 1.82) is 0 Å². The van der Waals surface area contributed by atoms with Crippen LogP contribution in [0.5, 0.6) is 17.4 Å². The summed E-state index contributed by atoms with van der Waals surface area (Å²) in [5, 5.41) is 13.2. The summed E-state index contributed by atoms with van der Waals surface area (Å²) in [5.41, 5.74) is 2.77. The molecule has 4 rings (SSSR count). The Hall–Kier alpha value is -3.78. The van der Waals surface area contributed by atoms with Crippen LogP contribution in [0.3, 0.4) is 0 Å². The van der Waals surface area contributed by atoms with Gasteiger partial charge in [-0.1, -0.05) is 18.7 Å². The fourth-order valence-electron chi connectivity index (χ4n) is 3.92. The fraction of sp³-hybridized carbons (Fsp3) is 0.280. The number of likely N-dealkylation sites (tertiary alicyclic amines) is 1. The van der Waals surface area contributed by atoms with Crippen molar-refractivity contribution in [2.45, 2.75) is 18.8 Å². The first-order chi connectivity index (χ1) is 16.0. The van der Waals surface area contributed by atoms with E-state index in [1.54, 1.807) is 37.4 Å². The third-order valence-electron chi connectivity index (χ3n) is 5.75. The van der Waals surface area contributed by atoms with E-state index in [2.05, 4.69) is 51.5 Å². The van der Waals surface area contributed by atoms with E-state index in [4.69, 9.17) is 9.47 Å². The van der Waals surface area contributed by atoms with Gasteiger partial charge in [-0.05, 0) is 74.8 Å². The van der Waals surface area contributed by atoms with E-state index < -0.39 is 0 Å². The number of carbonyl (C=O) groups is 1. The van der Waals surface area contributed by atoms with Crippen molar-refractivity contribution in [2.75, 3.05) is 37.9 Å². The number of anilines is 3. The molecule has 8 heteroatoms. The van der Waals surface area contributed by atoms with Crippen molar-refractivity contribution in [1.82, 2.24) is 15.1 Å². The minimum Gasteiger partial charge on any atom is -0.495 e. The summed E-state index contributed by atoms with van der Waals surface area (Å²) in [6.07, 6.45) is 3.53. The third kappa shape index (κ3) is 5.72. The summed E-state index contributed by atoms with van der Waals surface area (Å²) in [7, 11) is 3.85. The molecule has 3 N–H and O–H groups in total. The lowest BCUT2D eigenvalue weighted by Gasteiger charge is -2.29. The summed E-state index contributed by atoms with van der Waals surface area (Å²) < 4.78 is 11.5. The van der Waals surface area contributed by atoms with Crippen LogP contribution in [0.4, 0.5) is 17.2 Å². The molecule has 1 amide bonds. The molecule has 8 nitrogen and oxygen atoms in total. The number of H-pyrrole nitrogens is 1. The van der Waals surface area contributed by atoms with Crippen molar-refractivity contribution < 1.29 is 14.3 Å². The first-order valence-corrected chi connectivity index (χ1v) is 10.9. The number of amides is 1. The summed E-state index contributed by atoms with van der Waals surface area (Å²) in [5.74, 6) is 2.68. The summed E-state index contributed by atoms with van der Waals surface area (Å²) in [4.78, 5) is 13.9. The molecule has 2 heterocycles. The van der Waals surface area contributed by atoms with Gasteiger partial charge in [-0.3, -0.25) is 9.89 Å². The van der Waals surface area contributed by atoms with Gasteiger partial charge in [0.15, 0.2) is 0 Å². The second-order valence-electron chi connectivity index (χ2n) is 8.11. The molecule has 172 valence electrons. The summed E-state index contributed by atoms with van der Waals surface area (Å²) in [6, 6.07) is 15.2. The van der Waals surface area contributed by atoms with Gasteiger partial charge in [-0.2, -0.15) is 0 Å². The monoisotopic (exact) mass is 447 g/mol. The van der Waals surface area contributed by atoms with Crippen LogP contribution in [0.1, 0.15) is 24.3 Å². The molecule has 0 aliphatic carbocycles. The molecule has 0 saturated carbocycles. The molecular weight excluding hydrogens is 418 g/mol. The van der Waals surface area contributed by atoms with Crippen LogP contribution in [0.2, 0.25) is 0 Å². The van der Waals surface area contributed by atoms with Crippen LogP contribution in [-0.2, 0) is 4.79 Å². The first-order valence-electron chi connectivity index (χ1n) is 10.9. The van der Waals surface area contributed by atoms with Gasteiger partial charge in [0, 0.05) is 17.8 Å². The van der Waals surface area contributed by atoms with E-state index >= 15 is 0 Å². The number of hydrogen-bond donors (Lipinski definition) is 3. The van der Waals surface area contributed by atoms with E-state index in [9.17, 15) is 4.79 Å². The molecule has 1 fully saturated rings. The molecular formula is C25H29N5O3. The lowest BCUT2D eigenvalue weighted by atomic mass is 9.89. The molecule has 0 spiro atoms. The number of aromatic nitrogens is 2. The molecule has 1 aromatic heterocycles. The van der Waals surface area contributed by atoms with E-state index in [-0.39, 0.29) is 5.91 Å². The molecule has 0 radical (unpaired) electrons. The maximum Gasteiger partial charge on any atom is 0.247 e. The molecule has 1 aliphatic rings. The molecule has 1 saturated heterocycles. The number of aromatic amines is 1. The highest BCUT2D eigenvalue weighted by atomic mass is 16.5. The lowest BCUT2D eigenvalue weighted by molar-refractivity contribution is -0.111. The van der Waals surface area contributed by atoms with Crippen molar-refractivity contribution in [3.8, 4) is 17.4 Å². The number of rotatable bonds is 8. The predicted octanol–water partition coefficient (Wildman–Crippen LogP) is 4.89. The zero-order valence-electron chi connectivity index (χ0n) is 18.9. The Kier molecular flexibility index (Phi) is 6.95. The van der Waals surface area contributed by atoms with Crippen LogP contribution in [-0.4, -0.2) is 48.3 Å². The highest BCUT2D eigenvalue weighted by Gasteiger charge is 2.19. The van der Waals surface area contributed by atoms with Crippen LogP contribution < -0.4 is 20.1 Å². The van der Waals surface area contributed by atoms with Crippen molar-refractivity contribution in [3.63, 3.8) is 0 Å². The summed E-state index contributed by atoms with van der Waals surface area (Å²) in [6.45, 7) is 5.69. The zero-order valence-corrected chi connectivity index (χ0v) is 18.9. The van der Waals surface area contributed by atoms with Crippen molar-refractivity contribution in [2.24, 2.45) is 0 Å². The third-order valence-corrected chi connectivity index (χ3v) is 5.75. The zero-order chi connectivity index (χ0) is 23.2. The van der Waals surface area contributed by atoms with Crippen LogP contribution in [0, 0.1) is 0 Å². The highest BCUT2D eigenvalue weighted by Crippen LogP contribution is 2.35. The maximum atomic E-state index is 11.5. The SMILES string of the molecule is C=CC(=O)Nc1cccc(Oc2cc(Nc3ccc(C4CCN(C)CC4)cc3OC)[nH]n2)c1. The molecule has 33 heavy (non-hydrogen) atoms. The van der Waals surface area contributed by atoms with Gasteiger partial charge in [-0.15, -0.1) is 5.10 Å². The van der Waals surface area contributed by atoms with Gasteiger partial charge in [0.1, 0.15) is 17.3 Å². The second kappa shape index (κ2) is 10.2. The number of benzene rings is 2. The Morgan fingerprint density at radius 2 is 2.03 bits per heavy atom. The number of hydrogen-bond acceptors (Lipinski definition) is 6. The van der Waals surface area contributed by atoms with Gasteiger partial charge < -0.3 is 25.0 Å². The number of ether oxygens (including phenoxy) is 2. The highest BCUT2D eigenvalue weighted by molar-refractivity contribution is 5.98. The average Bonchev–Trinajstić information content (AvgIpc) is 3.26. The van der Waals surface area contributed by atoms with E-state index in [0.717, 1.165) is 37.4 Å². The topological polar surface area (TPSA) is 91.5 Å². The average molecular weight is 448 g/mol. The standard InChI is InChI=1S/C25H29N5O3/c1-4-24(31)26-19-6-5-7-20(15-19)33-25-16-23(28-29-25)27-21-9-8-18(14-22(21)32-3)17-10-12-30(2)13-11-17/h4-9,14-17H,1,10-13H2,2-3H3,(H,26,31)(H2,27,28,29). The van der Waals surface area contributed by atoms with Gasteiger partial charge in [-0.25, -0.2) is 0 Å². The van der Waals surface area contributed by atoms with Gasteiger partial charge >= 0.3 is 0 Å². The van der Waals surface area contributed by atoms with Crippen molar-refractivity contribution in [3.05, 3.63) is 66.7 Å². The number of nitrogens with one attached hydrogen (secondary N) is 3. The van der Waals surface area contributed by atoms with Crippen LogP contribution in [0.15, 0.2) is 61.2 Å². The fourth-order valence-corrected chi connectivity index (χ4v) is 3.92. The molecule has 1 aliphatic heterocycles. The molecule has 0 unspecified atom stereocenters. The Morgan fingerprint density at radius 3 is 2.79 bits per heavy atom. The molecule has 2 aromatic carbocycles. The Balaban J connectivity index is 1.42. The predicted molar refractivity (Wildman–Crippen MR) is 130 cm³/mol. The van der Waals surface area contributed by atoms with Crippen molar-refractivity contribution >= 4 is 23.1 Å². The quantitative estimate of drug-likeness (QED) is 0.426. The molecule has 0 atom stereocenters. The van der Waals surface area contributed by atoms with Crippen LogP contribution >= 0.6 is 0 Å². The summed E-state index contributed by atoms with van der Waals surface area (Å²) >= 11 is 0. The number of carbonyl (C=O) groups excluding carboxylic acids is 1. The number of piperidine rings is 1. The minimum absolute atomic E-state index is 0.283. The van der Waals surface area contributed by atoms with E-state index in [0.29, 0.717) is 29.1 Å². The van der Waals surface area contributed by atoms with Gasteiger partial charge in [0.2, 0.25) is 11.8 Å². The largest absolute Gasteiger partial charge is 0.495 e. The van der Waals surface area contributed by atoms with Gasteiger partial charge in [0.05, 0.1) is 12.8 Å². The minimum atomic E-state index is -0.283. The Labute approximate surface area is 193 Å². The van der Waals surface area contributed by atoms with E-state index in [1.807, 2.05) is 6.07 Å². The van der Waals surface area contributed by atoms with E-state index in [1.165, 1.54) is 11.6 Å². The maximum absolute atomic E-state index is 11.5. The smallest absolute Gasteiger partial charge is 0.247 e. The molecule has 3 aromatic rings. The lowest BCUT2D eigenvalue weighted by Crippen LogP contribution is -2.29. The van der Waals surface area contributed by atoms with Gasteiger partial charge in [0.25, 0.3) is 0 Å². The Morgan fingerprint density at radius 1 is 1.21 bits per heavy atom. The number of methoxy groups -OCH3 is 1. The Bertz CT molecular complexity index is 1120. The second-order valence-corrected chi connectivity index (χ2v) is 8.11.